The number of nitrogens with zero attached hydrogens (tertiary/aromatic N) is 4. The van der Waals surface area contributed by atoms with Crippen molar-refractivity contribution < 1.29 is 27.9 Å². The molecule has 11 heteroatoms. The molecule has 39 heavy (non-hydrogen) atoms. The maximum atomic E-state index is 13.0. The molecule has 0 spiro atoms. The van der Waals surface area contributed by atoms with Crippen molar-refractivity contribution in [3.05, 3.63) is 65.0 Å². The second-order valence-electron chi connectivity index (χ2n) is 10.6. The van der Waals surface area contributed by atoms with Crippen molar-refractivity contribution in [2.24, 2.45) is 0 Å². The zero-order valence-corrected chi connectivity index (χ0v) is 21.3. The average Bonchev–Trinajstić information content (AvgIpc) is 3.54. The lowest BCUT2D eigenvalue weighted by molar-refractivity contribution is -0.137. The van der Waals surface area contributed by atoms with Gasteiger partial charge in [0.25, 0.3) is 5.91 Å². The molecule has 2 aliphatic heterocycles. The van der Waals surface area contributed by atoms with Gasteiger partial charge in [0, 0.05) is 43.0 Å². The molecule has 2 amide bonds. The smallest absolute Gasteiger partial charge is 0.384 e. The van der Waals surface area contributed by atoms with Crippen LogP contribution in [0, 0.1) is 11.3 Å². The lowest BCUT2D eigenvalue weighted by Gasteiger charge is -2.41. The van der Waals surface area contributed by atoms with Gasteiger partial charge < -0.3 is 15.3 Å². The lowest BCUT2D eigenvalue weighted by Crippen LogP contribution is -2.47. The van der Waals surface area contributed by atoms with Gasteiger partial charge >= 0.3 is 6.18 Å². The van der Waals surface area contributed by atoms with Gasteiger partial charge in [-0.25, -0.2) is 0 Å². The Labute approximate surface area is 224 Å². The highest BCUT2D eigenvalue weighted by atomic mass is 19.4. The molecule has 2 aromatic rings. The van der Waals surface area contributed by atoms with Gasteiger partial charge in [-0.15, -0.1) is 0 Å². The number of aliphatic hydroxyl groups is 1. The predicted molar refractivity (Wildman–Crippen MR) is 134 cm³/mol. The van der Waals surface area contributed by atoms with Crippen LogP contribution in [-0.4, -0.2) is 69.5 Å². The van der Waals surface area contributed by atoms with Crippen molar-refractivity contribution in [3.8, 4) is 6.07 Å². The Bertz CT molecular complexity index is 1270. The molecule has 1 aromatic carbocycles. The molecular weight excluding hydrogens is 511 g/mol. The van der Waals surface area contributed by atoms with E-state index in [-0.39, 0.29) is 36.1 Å². The van der Waals surface area contributed by atoms with Crippen LogP contribution in [0.4, 0.5) is 13.2 Å². The van der Waals surface area contributed by atoms with Crippen LogP contribution < -0.4 is 5.32 Å². The maximum absolute atomic E-state index is 13.0. The summed E-state index contributed by atoms with van der Waals surface area (Å²) in [5.41, 5.74) is -1.03. The highest BCUT2D eigenvalue weighted by Crippen LogP contribution is 2.42. The molecule has 0 radical (unpaired) electrons. The maximum Gasteiger partial charge on any atom is 0.416 e. The van der Waals surface area contributed by atoms with Crippen LogP contribution in [0.2, 0.25) is 0 Å². The fourth-order valence-corrected chi connectivity index (χ4v) is 6.38. The number of hydrogen-bond donors (Lipinski definition) is 2. The number of likely N-dealkylation sites (tertiary alicyclic amines) is 2. The number of rotatable bonds is 5. The van der Waals surface area contributed by atoms with Crippen LogP contribution in [0.5, 0.6) is 0 Å². The zero-order valence-electron chi connectivity index (χ0n) is 21.3. The van der Waals surface area contributed by atoms with E-state index in [4.69, 9.17) is 5.26 Å². The second-order valence-corrected chi connectivity index (χ2v) is 10.6. The topological polar surface area (TPSA) is 110 Å². The minimum absolute atomic E-state index is 0.0314. The number of alkyl halides is 3. The van der Waals surface area contributed by atoms with E-state index in [9.17, 15) is 27.9 Å². The first-order chi connectivity index (χ1) is 18.6. The Morgan fingerprint density at radius 3 is 2.51 bits per heavy atom. The van der Waals surface area contributed by atoms with E-state index in [1.165, 1.54) is 18.3 Å². The number of benzene rings is 1. The Morgan fingerprint density at radius 2 is 1.85 bits per heavy atom. The van der Waals surface area contributed by atoms with Gasteiger partial charge in [-0.3, -0.25) is 19.5 Å². The van der Waals surface area contributed by atoms with Gasteiger partial charge in [0.2, 0.25) is 5.91 Å². The summed E-state index contributed by atoms with van der Waals surface area (Å²) in [7, 11) is 0. The summed E-state index contributed by atoms with van der Waals surface area (Å²) >= 11 is 0. The molecule has 2 N–H and O–H groups in total. The van der Waals surface area contributed by atoms with Crippen molar-refractivity contribution in [1.82, 2.24) is 20.1 Å². The monoisotopic (exact) mass is 541 g/mol. The van der Waals surface area contributed by atoms with Crippen LogP contribution in [-0.2, 0) is 16.6 Å². The first-order valence-corrected chi connectivity index (χ1v) is 13.2. The molecule has 8 nitrogen and oxygen atoms in total. The largest absolute Gasteiger partial charge is 0.416 e. The molecule has 5 rings (SSSR count). The molecule has 1 aliphatic carbocycles. The van der Waals surface area contributed by atoms with E-state index in [0.29, 0.717) is 30.6 Å². The zero-order chi connectivity index (χ0) is 27.8. The normalized spacial score (nSPS) is 27.2. The third-order valence-corrected chi connectivity index (χ3v) is 8.41. The highest BCUT2D eigenvalue weighted by molar-refractivity contribution is 5.96. The number of hydrogen-bond acceptors (Lipinski definition) is 6. The summed E-state index contributed by atoms with van der Waals surface area (Å²) in [5.74, 6) is -0.959. The molecular formula is C28H30F3N5O3. The summed E-state index contributed by atoms with van der Waals surface area (Å²) in [5, 5.41) is 22.7. The molecule has 3 fully saturated rings. The SMILES string of the molecule is N#Cc1ccc(C2(O)CCC(N3CCC4C3CCN4C(=O)CNC(=O)c3cccc(C(F)(F)F)c3)CC2)nc1. The van der Waals surface area contributed by atoms with Gasteiger partial charge in [0.15, 0.2) is 0 Å². The van der Waals surface area contributed by atoms with Gasteiger partial charge in [0.05, 0.1) is 23.4 Å². The fraction of sp³-hybridized carbons (Fsp3) is 0.500. The van der Waals surface area contributed by atoms with Crippen molar-refractivity contribution in [2.45, 2.75) is 68.4 Å². The number of pyridine rings is 1. The van der Waals surface area contributed by atoms with Gasteiger partial charge in [-0.05, 0) is 68.9 Å². The minimum atomic E-state index is -4.55. The van der Waals surface area contributed by atoms with E-state index in [2.05, 4.69) is 15.2 Å². The van der Waals surface area contributed by atoms with Crippen LogP contribution in [0.25, 0.3) is 0 Å². The molecule has 2 unspecified atom stereocenters. The average molecular weight is 542 g/mol. The van der Waals surface area contributed by atoms with Crippen molar-refractivity contribution >= 4 is 11.8 Å². The van der Waals surface area contributed by atoms with E-state index in [0.717, 1.165) is 44.4 Å². The Kier molecular flexibility index (Phi) is 7.35. The van der Waals surface area contributed by atoms with Crippen molar-refractivity contribution in [3.63, 3.8) is 0 Å². The van der Waals surface area contributed by atoms with Gasteiger partial charge in [0.1, 0.15) is 11.7 Å². The summed E-state index contributed by atoms with van der Waals surface area (Å²) in [6.45, 7) is 1.14. The Morgan fingerprint density at radius 1 is 1.10 bits per heavy atom. The summed E-state index contributed by atoms with van der Waals surface area (Å²) in [6, 6.07) is 10.1. The third kappa shape index (κ3) is 5.49. The first-order valence-electron chi connectivity index (χ1n) is 13.2. The standard InChI is InChI=1S/C28H30F3N5O3/c29-28(30,31)20-3-1-2-19(14-20)26(38)34-17-25(37)36-13-9-22-23(36)8-12-35(22)21-6-10-27(39,11-7-21)24-5-4-18(15-32)16-33-24/h1-5,14,16,21-23,39H,6-13,17H2,(H,34,38). The molecule has 2 saturated heterocycles. The van der Waals surface area contributed by atoms with Crippen molar-refractivity contribution in [1.29, 1.82) is 5.26 Å². The second kappa shape index (κ2) is 10.6. The number of amides is 2. The number of nitriles is 1. The first kappa shape index (κ1) is 27.1. The molecule has 0 bridgehead atoms. The number of aromatic nitrogens is 1. The van der Waals surface area contributed by atoms with Gasteiger partial charge in [-0.1, -0.05) is 6.07 Å². The van der Waals surface area contributed by atoms with E-state index in [1.807, 2.05) is 6.07 Å². The van der Waals surface area contributed by atoms with Crippen molar-refractivity contribution in [2.75, 3.05) is 19.6 Å². The van der Waals surface area contributed by atoms with E-state index >= 15 is 0 Å². The Balaban J connectivity index is 1.14. The van der Waals surface area contributed by atoms with Gasteiger partial charge in [-0.2, -0.15) is 18.4 Å². The quantitative estimate of drug-likeness (QED) is 0.602. The predicted octanol–water partition coefficient (Wildman–Crippen LogP) is 3.21. The number of carbonyl (C=O) groups is 2. The summed E-state index contributed by atoms with van der Waals surface area (Å²) in [6.07, 6.45) is 1.28. The molecule has 206 valence electrons. The highest BCUT2D eigenvalue weighted by Gasteiger charge is 2.48. The third-order valence-electron chi connectivity index (χ3n) is 8.41. The fourth-order valence-electron chi connectivity index (χ4n) is 6.38. The van der Waals surface area contributed by atoms with Crippen LogP contribution in [0.3, 0.4) is 0 Å². The van der Waals surface area contributed by atoms with Crippen LogP contribution in [0.1, 0.15) is 65.7 Å². The Hall–Kier alpha value is -3.49. The number of fused-ring (bicyclic) bond motifs is 1. The number of nitrogens with one attached hydrogen (secondary N) is 1. The van der Waals surface area contributed by atoms with E-state index < -0.39 is 23.2 Å². The van der Waals surface area contributed by atoms with Crippen LogP contribution >= 0.6 is 0 Å². The molecule has 1 aromatic heterocycles. The minimum Gasteiger partial charge on any atom is -0.384 e. The molecule has 3 aliphatic rings. The summed E-state index contributed by atoms with van der Waals surface area (Å²) < 4.78 is 38.9. The lowest BCUT2D eigenvalue weighted by atomic mass is 9.79. The number of carbonyl (C=O) groups excluding carboxylic acids is 2. The number of halogens is 3. The molecule has 1 saturated carbocycles. The molecule has 2 atom stereocenters. The van der Waals surface area contributed by atoms with Crippen LogP contribution in [0.15, 0.2) is 42.6 Å². The van der Waals surface area contributed by atoms with E-state index in [1.54, 1.807) is 17.0 Å². The summed E-state index contributed by atoms with van der Waals surface area (Å²) in [4.78, 5) is 33.9. The molecule has 3 heterocycles.